The highest BCUT2D eigenvalue weighted by Crippen LogP contribution is 2.37. The molecule has 0 aliphatic rings. The number of nitrogens with zero attached hydrogens (tertiary/aromatic N) is 3. The first kappa shape index (κ1) is 24.6. The predicted molar refractivity (Wildman–Crippen MR) is 180 cm³/mol. The molecule has 6 aromatic carbocycles. The molecule has 4 nitrogen and oxygen atoms in total. The number of aromatic nitrogens is 3. The van der Waals surface area contributed by atoms with Crippen molar-refractivity contribution in [1.82, 2.24) is 14.5 Å². The van der Waals surface area contributed by atoms with Crippen molar-refractivity contribution in [1.29, 1.82) is 0 Å². The van der Waals surface area contributed by atoms with E-state index in [9.17, 15) is 0 Å². The van der Waals surface area contributed by atoms with Gasteiger partial charge in [-0.1, -0.05) is 97.1 Å². The highest BCUT2D eigenvalue weighted by Gasteiger charge is 2.18. The van der Waals surface area contributed by atoms with Crippen LogP contribution in [0.25, 0.3) is 83.3 Å². The highest BCUT2D eigenvalue weighted by atomic mass is 16.3. The topological polar surface area (TPSA) is 43.9 Å². The SMILES string of the molecule is c1ccc(-c2cc(-c3ccc4oc5ccccc5c4c3)nc(-c3ccccc3-n3c4ccccc4c4ccccc43)n2)cc1. The van der Waals surface area contributed by atoms with E-state index in [-0.39, 0.29) is 0 Å². The van der Waals surface area contributed by atoms with Gasteiger partial charge in [0.15, 0.2) is 5.82 Å². The Balaban J connectivity index is 1.30. The third-order valence-corrected chi connectivity index (χ3v) is 8.43. The van der Waals surface area contributed by atoms with Gasteiger partial charge in [-0.05, 0) is 54.6 Å². The Kier molecular flexibility index (Phi) is 5.47. The summed E-state index contributed by atoms with van der Waals surface area (Å²) < 4.78 is 8.46. The van der Waals surface area contributed by atoms with Crippen molar-refractivity contribution in [2.24, 2.45) is 0 Å². The summed E-state index contributed by atoms with van der Waals surface area (Å²) in [6.07, 6.45) is 0. The zero-order chi connectivity index (χ0) is 29.0. The van der Waals surface area contributed by atoms with Gasteiger partial charge in [0.05, 0.1) is 28.1 Å². The molecule has 3 aromatic heterocycles. The Morgan fingerprint density at radius 2 is 1.02 bits per heavy atom. The summed E-state index contributed by atoms with van der Waals surface area (Å²) >= 11 is 0. The van der Waals surface area contributed by atoms with E-state index in [1.807, 2.05) is 42.5 Å². The van der Waals surface area contributed by atoms with Crippen molar-refractivity contribution < 1.29 is 4.42 Å². The molecule has 9 rings (SSSR count). The van der Waals surface area contributed by atoms with E-state index < -0.39 is 0 Å². The predicted octanol–water partition coefficient (Wildman–Crippen LogP) is 10.5. The molecule has 3 heterocycles. The molecule has 9 aromatic rings. The number of hydrogen-bond donors (Lipinski definition) is 0. The van der Waals surface area contributed by atoms with Gasteiger partial charge in [-0.15, -0.1) is 0 Å². The number of rotatable bonds is 4. The quantitative estimate of drug-likeness (QED) is 0.214. The van der Waals surface area contributed by atoms with Crippen LogP contribution in [-0.2, 0) is 0 Å². The van der Waals surface area contributed by atoms with Crippen LogP contribution in [0.4, 0.5) is 0 Å². The van der Waals surface area contributed by atoms with Crippen molar-refractivity contribution in [2.75, 3.05) is 0 Å². The van der Waals surface area contributed by atoms with Gasteiger partial charge in [0.1, 0.15) is 11.2 Å². The second-order valence-electron chi connectivity index (χ2n) is 11.0. The maximum absolute atomic E-state index is 6.12. The molecule has 0 radical (unpaired) electrons. The van der Waals surface area contributed by atoms with Crippen LogP contribution in [0.3, 0.4) is 0 Å². The number of fused-ring (bicyclic) bond motifs is 6. The van der Waals surface area contributed by atoms with Crippen molar-refractivity contribution >= 4 is 43.7 Å². The monoisotopic (exact) mass is 563 g/mol. The molecule has 0 bridgehead atoms. The zero-order valence-corrected chi connectivity index (χ0v) is 23.7. The Hall–Kier alpha value is -6.00. The minimum Gasteiger partial charge on any atom is -0.456 e. The molecule has 0 N–H and O–H groups in total. The highest BCUT2D eigenvalue weighted by molar-refractivity contribution is 6.10. The van der Waals surface area contributed by atoms with Crippen molar-refractivity contribution in [3.8, 4) is 39.6 Å². The molecule has 0 aliphatic carbocycles. The van der Waals surface area contributed by atoms with Crippen molar-refractivity contribution in [3.05, 3.63) is 152 Å². The maximum atomic E-state index is 6.12. The number of para-hydroxylation sites is 4. The van der Waals surface area contributed by atoms with Gasteiger partial charge < -0.3 is 8.98 Å². The van der Waals surface area contributed by atoms with E-state index in [1.165, 1.54) is 10.8 Å². The minimum atomic E-state index is 0.677. The first-order chi connectivity index (χ1) is 21.8. The molecular formula is C40H25N3O. The molecule has 0 amide bonds. The van der Waals surface area contributed by atoms with Crippen LogP contribution in [0.5, 0.6) is 0 Å². The van der Waals surface area contributed by atoms with Crippen LogP contribution in [0.2, 0.25) is 0 Å². The largest absolute Gasteiger partial charge is 0.456 e. The second kappa shape index (κ2) is 9.79. The van der Waals surface area contributed by atoms with Gasteiger partial charge >= 0.3 is 0 Å². The molecule has 206 valence electrons. The van der Waals surface area contributed by atoms with Gasteiger partial charge in [-0.25, -0.2) is 9.97 Å². The first-order valence-corrected chi connectivity index (χ1v) is 14.8. The summed E-state index contributed by atoms with van der Waals surface area (Å²) in [6, 6.07) is 52.5. The van der Waals surface area contributed by atoms with E-state index in [1.54, 1.807) is 0 Å². The van der Waals surface area contributed by atoms with Gasteiger partial charge in [0, 0.05) is 38.2 Å². The summed E-state index contributed by atoms with van der Waals surface area (Å²) in [7, 11) is 0. The Bertz CT molecular complexity index is 2450. The van der Waals surface area contributed by atoms with E-state index in [4.69, 9.17) is 14.4 Å². The summed E-state index contributed by atoms with van der Waals surface area (Å²) in [5.41, 5.74) is 9.84. The fourth-order valence-corrected chi connectivity index (χ4v) is 6.40. The lowest BCUT2D eigenvalue weighted by molar-refractivity contribution is 0.669. The maximum Gasteiger partial charge on any atom is 0.162 e. The van der Waals surface area contributed by atoms with Crippen molar-refractivity contribution in [2.45, 2.75) is 0 Å². The molecule has 0 spiro atoms. The van der Waals surface area contributed by atoms with Crippen LogP contribution in [-0.4, -0.2) is 14.5 Å². The molecule has 0 unspecified atom stereocenters. The van der Waals surface area contributed by atoms with Gasteiger partial charge in [0.2, 0.25) is 0 Å². The van der Waals surface area contributed by atoms with Crippen LogP contribution >= 0.6 is 0 Å². The first-order valence-electron chi connectivity index (χ1n) is 14.8. The second-order valence-corrected chi connectivity index (χ2v) is 11.0. The van der Waals surface area contributed by atoms with Crippen LogP contribution in [0, 0.1) is 0 Å². The van der Waals surface area contributed by atoms with Crippen LogP contribution in [0.15, 0.2) is 156 Å². The summed E-state index contributed by atoms with van der Waals surface area (Å²) in [4.78, 5) is 10.4. The molecule has 0 aliphatic heterocycles. The summed E-state index contributed by atoms with van der Waals surface area (Å²) in [5, 5.41) is 4.61. The molecular weight excluding hydrogens is 538 g/mol. The standard InChI is InChI=1S/C40H25N3O/c1-2-12-26(13-3-1)33-25-34(27-22-23-39-32(24-27)30-16-7-11-21-38(30)44-39)42-40(41-33)31-17-6-10-20-37(31)43-35-18-8-4-14-28(35)29-15-5-9-19-36(29)43/h1-25H. The number of benzene rings is 6. The third-order valence-electron chi connectivity index (χ3n) is 8.43. The molecule has 0 atom stereocenters. The fourth-order valence-electron chi connectivity index (χ4n) is 6.40. The normalized spacial score (nSPS) is 11.6. The number of furan rings is 1. The molecule has 0 saturated carbocycles. The zero-order valence-electron chi connectivity index (χ0n) is 23.7. The Labute approximate surface area is 253 Å². The van der Waals surface area contributed by atoms with Gasteiger partial charge in [-0.2, -0.15) is 0 Å². The van der Waals surface area contributed by atoms with Crippen molar-refractivity contribution in [3.63, 3.8) is 0 Å². The van der Waals surface area contributed by atoms with E-state index in [0.717, 1.165) is 66.7 Å². The smallest absolute Gasteiger partial charge is 0.162 e. The van der Waals surface area contributed by atoms with Crippen LogP contribution in [0.1, 0.15) is 0 Å². The lowest BCUT2D eigenvalue weighted by Crippen LogP contribution is -2.01. The number of hydrogen-bond acceptors (Lipinski definition) is 3. The lowest BCUT2D eigenvalue weighted by atomic mass is 10.0. The summed E-state index contributed by atoms with van der Waals surface area (Å²) in [6.45, 7) is 0. The Morgan fingerprint density at radius 1 is 0.432 bits per heavy atom. The molecule has 4 heteroatoms. The fraction of sp³-hybridized carbons (Fsp3) is 0. The molecule has 0 saturated heterocycles. The average Bonchev–Trinajstić information content (AvgIpc) is 3.64. The summed E-state index contributed by atoms with van der Waals surface area (Å²) in [5.74, 6) is 0.677. The van der Waals surface area contributed by atoms with E-state index >= 15 is 0 Å². The third kappa shape index (κ3) is 3.85. The lowest BCUT2D eigenvalue weighted by Gasteiger charge is -2.15. The van der Waals surface area contributed by atoms with Gasteiger partial charge in [0.25, 0.3) is 0 Å². The van der Waals surface area contributed by atoms with Crippen LogP contribution < -0.4 is 0 Å². The van der Waals surface area contributed by atoms with Gasteiger partial charge in [-0.3, -0.25) is 0 Å². The average molecular weight is 564 g/mol. The van der Waals surface area contributed by atoms with E-state index in [0.29, 0.717) is 5.82 Å². The van der Waals surface area contributed by atoms with E-state index in [2.05, 4.69) is 114 Å². The molecule has 0 fully saturated rings. The minimum absolute atomic E-state index is 0.677. The Morgan fingerprint density at radius 3 is 1.80 bits per heavy atom. The molecule has 44 heavy (non-hydrogen) atoms.